The van der Waals surface area contributed by atoms with Crippen LogP contribution in [0.25, 0.3) is 0 Å². The van der Waals surface area contributed by atoms with Crippen LogP contribution in [0.5, 0.6) is 0 Å². The Hall–Kier alpha value is -2.96. The Morgan fingerprint density at radius 1 is 1.25 bits per heavy atom. The fourth-order valence-electron chi connectivity index (χ4n) is 1.64. The number of aromatic nitrogens is 1. The standard InChI is InChI=1S/C13H11N3O4/c17-12(9-15-7-2-1-6-13(15)18)14-10-4-3-5-11(8-10)16(19)20/h1-8H,9H2,(H,14,17). The van der Waals surface area contributed by atoms with Crippen molar-refractivity contribution in [1.29, 1.82) is 0 Å². The molecule has 1 aromatic carbocycles. The highest BCUT2D eigenvalue weighted by Gasteiger charge is 2.08. The Balaban J connectivity index is 2.09. The zero-order chi connectivity index (χ0) is 14.5. The van der Waals surface area contributed by atoms with Gasteiger partial charge in [0, 0.05) is 30.1 Å². The maximum atomic E-state index is 11.8. The van der Waals surface area contributed by atoms with Crippen molar-refractivity contribution < 1.29 is 9.72 Å². The number of nitrogens with zero attached hydrogens (tertiary/aromatic N) is 2. The van der Waals surface area contributed by atoms with Gasteiger partial charge in [0.05, 0.1) is 4.92 Å². The first-order valence-corrected chi connectivity index (χ1v) is 5.76. The molecule has 2 rings (SSSR count). The topological polar surface area (TPSA) is 94.2 Å². The Bertz CT molecular complexity index is 709. The summed E-state index contributed by atoms with van der Waals surface area (Å²) in [6.45, 7) is -0.150. The minimum absolute atomic E-state index is 0.111. The normalized spacial score (nSPS) is 10.0. The van der Waals surface area contributed by atoms with Crippen LogP contribution >= 0.6 is 0 Å². The summed E-state index contributed by atoms with van der Waals surface area (Å²) >= 11 is 0. The van der Waals surface area contributed by atoms with E-state index in [4.69, 9.17) is 0 Å². The van der Waals surface area contributed by atoms with E-state index in [0.29, 0.717) is 5.69 Å². The minimum atomic E-state index is -0.544. The van der Waals surface area contributed by atoms with Gasteiger partial charge < -0.3 is 9.88 Å². The molecule has 20 heavy (non-hydrogen) atoms. The predicted molar refractivity (Wildman–Crippen MR) is 72.4 cm³/mol. The third-order valence-corrected chi connectivity index (χ3v) is 2.55. The Morgan fingerprint density at radius 3 is 2.75 bits per heavy atom. The quantitative estimate of drug-likeness (QED) is 0.672. The van der Waals surface area contributed by atoms with Gasteiger partial charge in [0.15, 0.2) is 0 Å². The van der Waals surface area contributed by atoms with Gasteiger partial charge in [0.1, 0.15) is 6.54 Å². The number of hydrogen-bond acceptors (Lipinski definition) is 4. The molecule has 0 fully saturated rings. The highest BCUT2D eigenvalue weighted by atomic mass is 16.6. The van der Waals surface area contributed by atoms with Crippen molar-refractivity contribution in [2.24, 2.45) is 0 Å². The fourth-order valence-corrected chi connectivity index (χ4v) is 1.64. The van der Waals surface area contributed by atoms with Crippen LogP contribution in [-0.4, -0.2) is 15.4 Å². The van der Waals surface area contributed by atoms with E-state index in [-0.39, 0.29) is 17.8 Å². The molecule has 1 heterocycles. The van der Waals surface area contributed by atoms with Crippen molar-refractivity contribution in [3.63, 3.8) is 0 Å². The zero-order valence-corrected chi connectivity index (χ0v) is 10.4. The summed E-state index contributed by atoms with van der Waals surface area (Å²) in [6, 6.07) is 10.2. The Kier molecular flexibility index (Phi) is 3.90. The second kappa shape index (κ2) is 5.79. The van der Waals surface area contributed by atoms with Gasteiger partial charge in [-0.1, -0.05) is 12.1 Å². The predicted octanol–water partition coefficient (Wildman–Crippen LogP) is 1.40. The highest BCUT2D eigenvalue weighted by molar-refractivity contribution is 5.90. The molecule has 0 aliphatic rings. The average Bonchev–Trinajstić information content (AvgIpc) is 2.41. The SMILES string of the molecule is O=C(Cn1ccccc1=O)Nc1cccc([N+](=O)[O-])c1. The third kappa shape index (κ3) is 3.29. The summed E-state index contributed by atoms with van der Waals surface area (Å²) in [5.74, 6) is -0.432. The monoisotopic (exact) mass is 273 g/mol. The van der Waals surface area contributed by atoms with Crippen LogP contribution in [0.4, 0.5) is 11.4 Å². The van der Waals surface area contributed by atoms with Crippen molar-refractivity contribution in [3.05, 3.63) is 69.1 Å². The average molecular weight is 273 g/mol. The van der Waals surface area contributed by atoms with Crippen LogP contribution in [0.3, 0.4) is 0 Å². The van der Waals surface area contributed by atoms with Gasteiger partial charge in [0.2, 0.25) is 5.91 Å². The summed E-state index contributed by atoms with van der Waals surface area (Å²) in [5, 5.41) is 13.1. The van der Waals surface area contributed by atoms with Crippen molar-refractivity contribution in [2.75, 3.05) is 5.32 Å². The number of nitro benzene ring substituents is 1. The molecule has 1 amide bonds. The molecule has 0 spiro atoms. The molecule has 7 heteroatoms. The maximum Gasteiger partial charge on any atom is 0.271 e. The molecule has 0 saturated heterocycles. The molecule has 0 saturated carbocycles. The number of carbonyl (C=O) groups excluding carboxylic acids is 1. The zero-order valence-electron chi connectivity index (χ0n) is 10.4. The lowest BCUT2D eigenvalue weighted by Crippen LogP contribution is -2.26. The van der Waals surface area contributed by atoms with Gasteiger partial charge in [-0.15, -0.1) is 0 Å². The molecule has 1 aromatic heterocycles. The van der Waals surface area contributed by atoms with Gasteiger partial charge in [-0.25, -0.2) is 0 Å². The molecule has 0 aliphatic heterocycles. The number of hydrogen-bond donors (Lipinski definition) is 1. The molecule has 0 unspecified atom stereocenters. The maximum absolute atomic E-state index is 11.8. The summed E-state index contributed by atoms with van der Waals surface area (Å²) in [6.07, 6.45) is 1.50. The number of anilines is 1. The second-order valence-electron chi connectivity index (χ2n) is 4.02. The van der Waals surface area contributed by atoms with Gasteiger partial charge in [-0.3, -0.25) is 19.7 Å². The molecule has 0 radical (unpaired) electrons. The van der Waals surface area contributed by atoms with Crippen molar-refractivity contribution in [1.82, 2.24) is 4.57 Å². The molecular formula is C13H11N3O4. The third-order valence-electron chi connectivity index (χ3n) is 2.55. The molecule has 102 valence electrons. The van der Waals surface area contributed by atoms with E-state index in [9.17, 15) is 19.7 Å². The van der Waals surface area contributed by atoms with Gasteiger partial charge in [0.25, 0.3) is 11.2 Å². The van der Waals surface area contributed by atoms with Crippen LogP contribution in [-0.2, 0) is 11.3 Å². The van der Waals surface area contributed by atoms with E-state index in [1.54, 1.807) is 18.2 Å². The van der Waals surface area contributed by atoms with Gasteiger partial charge in [-0.2, -0.15) is 0 Å². The Morgan fingerprint density at radius 2 is 2.05 bits per heavy atom. The molecular weight excluding hydrogens is 262 g/mol. The smallest absolute Gasteiger partial charge is 0.271 e. The van der Waals surface area contributed by atoms with Crippen molar-refractivity contribution >= 4 is 17.3 Å². The summed E-state index contributed by atoms with van der Waals surface area (Å²) < 4.78 is 1.24. The van der Waals surface area contributed by atoms with Crippen LogP contribution in [0.2, 0.25) is 0 Å². The number of amides is 1. The molecule has 2 aromatic rings. The number of nitro groups is 1. The first-order chi connectivity index (χ1) is 9.56. The lowest BCUT2D eigenvalue weighted by atomic mass is 10.3. The van der Waals surface area contributed by atoms with Crippen LogP contribution in [0, 0.1) is 10.1 Å². The van der Waals surface area contributed by atoms with E-state index in [1.807, 2.05) is 0 Å². The number of nitrogens with one attached hydrogen (secondary N) is 1. The van der Waals surface area contributed by atoms with Crippen molar-refractivity contribution in [3.8, 4) is 0 Å². The number of rotatable bonds is 4. The van der Waals surface area contributed by atoms with E-state index >= 15 is 0 Å². The van der Waals surface area contributed by atoms with Gasteiger partial charge in [-0.05, 0) is 12.1 Å². The first-order valence-electron chi connectivity index (χ1n) is 5.76. The van der Waals surface area contributed by atoms with Crippen LogP contribution in [0.15, 0.2) is 53.5 Å². The minimum Gasteiger partial charge on any atom is -0.324 e. The van der Waals surface area contributed by atoms with Crippen LogP contribution < -0.4 is 10.9 Å². The molecule has 7 nitrogen and oxygen atoms in total. The summed E-state index contributed by atoms with van der Waals surface area (Å²) in [5.41, 5.74) is -0.0884. The number of benzene rings is 1. The number of carbonyl (C=O) groups is 1. The lowest BCUT2D eigenvalue weighted by molar-refractivity contribution is -0.384. The molecule has 0 atom stereocenters. The number of pyridine rings is 1. The summed E-state index contributed by atoms with van der Waals surface area (Å²) in [7, 11) is 0. The van der Waals surface area contributed by atoms with E-state index in [0.717, 1.165) is 0 Å². The summed E-state index contributed by atoms with van der Waals surface area (Å²) in [4.78, 5) is 33.3. The fraction of sp³-hybridized carbons (Fsp3) is 0.0769. The molecule has 1 N–H and O–H groups in total. The van der Waals surface area contributed by atoms with Crippen molar-refractivity contribution in [2.45, 2.75) is 6.54 Å². The van der Waals surface area contributed by atoms with Gasteiger partial charge >= 0.3 is 0 Å². The largest absolute Gasteiger partial charge is 0.324 e. The van der Waals surface area contributed by atoms with E-state index < -0.39 is 10.8 Å². The van der Waals surface area contributed by atoms with E-state index in [2.05, 4.69) is 5.32 Å². The molecule has 0 aliphatic carbocycles. The molecule has 0 bridgehead atoms. The second-order valence-corrected chi connectivity index (χ2v) is 4.02. The highest BCUT2D eigenvalue weighted by Crippen LogP contribution is 2.16. The van der Waals surface area contributed by atoms with Crippen LogP contribution in [0.1, 0.15) is 0 Å². The Labute approximate surface area is 113 Å². The van der Waals surface area contributed by atoms with E-state index in [1.165, 1.54) is 35.0 Å². The lowest BCUT2D eigenvalue weighted by Gasteiger charge is -2.06. The first kappa shape index (κ1) is 13.5. The number of non-ortho nitro benzene ring substituents is 1.